The molecule has 1 aromatic carbocycles. The molecule has 3 fully saturated rings. The van der Waals surface area contributed by atoms with Crippen molar-refractivity contribution in [1.29, 1.82) is 0 Å². The van der Waals surface area contributed by atoms with Gasteiger partial charge in [-0.3, -0.25) is 10.2 Å². The number of rotatable bonds is 3. The van der Waals surface area contributed by atoms with Crippen LogP contribution in [0.3, 0.4) is 0 Å². The van der Waals surface area contributed by atoms with E-state index < -0.39 is 5.54 Å². The lowest BCUT2D eigenvalue weighted by Crippen LogP contribution is -2.55. The molecule has 4 nitrogen and oxygen atoms in total. The minimum atomic E-state index is -0.401. The number of carbonyl (C=O) groups excluding carboxylic acids is 1. The Labute approximate surface area is 165 Å². The van der Waals surface area contributed by atoms with Gasteiger partial charge >= 0.3 is 0 Å². The molecule has 1 aromatic rings. The van der Waals surface area contributed by atoms with E-state index in [0.29, 0.717) is 5.92 Å². The molecule has 142 valence electrons. The maximum absolute atomic E-state index is 12.2. The summed E-state index contributed by atoms with van der Waals surface area (Å²) in [6.45, 7) is 0. The van der Waals surface area contributed by atoms with Crippen molar-refractivity contribution in [2.75, 3.05) is 7.05 Å². The lowest BCUT2D eigenvalue weighted by Gasteiger charge is -2.48. The van der Waals surface area contributed by atoms with Gasteiger partial charge in [-0.25, -0.2) is 0 Å². The van der Waals surface area contributed by atoms with Gasteiger partial charge in [0.1, 0.15) is 12.6 Å². The lowest BCUT2D eigenvalue weighted by molar-refractivity contribution is -0.114. The fraction of sp³-hybridized carbons (Fsp3) is 0.667. The number of likely N-dealkylation sites (N-methyl/N-ethyl adjacent to an activating group) is 1. The number of aldehydes is 1. The van der Waals surface area contributed by atoms with E-state index in [1.807, 2.05) is 18.0 Å². The summed E-state index contributed by atoms with van der Waals surface area (Å²) < 4.78 is 1.05. The Hall–Kier alpha value is -0.750. The first-order valence-corrected chi connectivity index (χ1v) is 10.8. The van der Waals surface area contributed by atoms with Crippen molar-refractivity contribution in [3.63, 3.8) is 0 Å². The molecule has 6 unspecified atom stereocenters. The van der Waals surface area contributed by atoms with Gasteiger partial charge in [-0.2, -0.15) is 0 Å². The molecular weight excluding hydrogens is 390 g/mol. The first-order chi connectivity index (χ1) is 12.6. The Bertz CT molecular complexity index is 668. The van der Waals surface area contributed by atoms with Crippen LogP contribution >= 0.6 is 15.9 Å². The van der Waals surface area contributed by atoms with Crippen LogP contribution in [0.25, 0.3) is 0 Å². The van der Waals surface area contributed by atoms with Gasteiger partial charge < -0.3 is 10.5 Å². The molecule has 0 spiro atoms. The minimum Gasteiger partial charge on any atom is -0.303 e. The standard InChI is InChI=1S/C21H30BrN3O/c1-25-19(13-26)21(24-20(25)23,16-7-4-8-18(22)12-16)17-10-9-14-5-2-3-6-15(14)11-17/h4,7-8,12-15,17,19-20,24H,2-3,5-6,9-11,23H2,1H3. The molecule has 1 heterocycles. The third kappa shape index (κ3) is 2.97. The van der Waals surface area contributed by atoms with Crippen molar-refractivity contribution < 1.29 is 4.79 Å². The van der Waals surface area contributed by atoms with Gasteiger partial charge in [0, 0.05) is 4.47 Å². The van der Waals surface area contributed by atoms with Crippen LogP contribution in [-0.4, -0.2) is 30.6 Å². The number of nitrogens with two attached hydrogens (primary N) is 1. The normalized spacial score (nSPS) is 41.0. The van der Waals surface area contributed by atoms with Gasteiger partial charge in [-0.05, 0) is 61.8 Å². The Morgan fingerprint density at radius 1 is 1.23 bits per heavy atom. The number of hydrogen-bond donors (Lipinski definition) is 2. The van der Waals surface area contributed by atoms with Crippen LogP contribution in [0.1, 0.15) is 50.5 Å². The van der Waals surface area contributed by atoms with Gasteiger partial charge in [-0.15, -0.1) is 0 Å². The zero-order valence-electron chi connectivity index (χ0n) is 15.5. The highest BCUT2D eigenvalue weighted by atomic mass is 79.9. The van der Waals surface area contributed by atoms with Crippen molar-refractivity contribution in [3.8, 4) is 0 Å². The molecule has 2 aliphatic carbocycles. The average Bonchev–Trinajstić information content (AvgIpc) is 2.92. The summed E-state index contributed by atoms with van der Waals surface area (Å²) in [6.07, 6.45) is 9.97. The Balaban J connectivity index is 1.75. The number of benzene rings is 1. The number of nitrogens with one attached hydrogen (secondary N) is 1. The number of nitrogens with zero attached hydrogens (tertiary/aromatic N) is 1. The van der Waals surface area contributed by atoms with E-state index in [2.05, 4.69) is 39.4 Å². The molecule has 26 heavy (non-hydrogen) atoms. The average molecular weight is 420 g/mol. The first kappa shape index (κ1) is 18.6. The summed E-state index contributed by atoms with van der Waals surface area (Å²) >= 11 is 3.62. The molecule has 4 rings (SSSR count). The van der Waals surface area contributed by atoms with Crippen molar-refractivity contribution in [2.24, 2.45) is 23.5 Å². The van der Waals surface area contributed by atoms with Gasteiger partial charge in [-0.1, -0.05) is 53.7 Å². The minimum absolute atomic E-state index is 0.239. The molecule has 3 aliphatic rings. The van der Waals surface area contributed by atoms with Crippen molar-refractivity contribution >= 4 is 22.2 Å². The molecular formula is C21H30BrN3O. The summed E-state index contributed by atoms with van der Waals surface area (Å²) in [5, 5.41) is 3.68. The van der Waals surface area contributed by atoms with Gasteiger partial charge in [0.2, 0.25) is 0 Å². The SMILES string of the molecule is CN1C(N)NC(c2cccc(Br)c2)(C2CCC3CCCCC3C2)C1C=O. The van der Waals surface area contributed by atoms with Crippen molar-refractivity contribution in [2.45, 2.75) is 62.8 Å². The molecule has 1 aliphatic heterocycles. The van der Waals surface area contributed by atoms with Crippen LogP contribution in [-0.2, 0) is 10.3 Å². The van der Waals surface area contributed by atoms with Crippen molar-refractivity contribution in [1.82, 2.24) is 10.2 Å². The summed E-state index contributed by atoms with van der Waals surface area (Å²) in [7, 11) is 1.96. The summed E-state index contributed by atoms with van der Waals surface area (Å²) in [5.41, 5.74) is 7.16. The maximum Gasteiger partial charge on any atom is 0.139 e. The van der Waals surface area contributed by atoms with E-state index in [9.17, 15) is 4.79 Å². The zero-order chi connectivity index (χ0) is 18.3. The summed E-state index contributed by atoms with van der Waals surface area (Å²) in [5.74, 6) is 2.13. The second kappa shape index (κ2) is 7.34. The molecule has 0 amide bonds. The second-order valence-electron chi connectivity index (χ2n) is 8.53. The number of fused-ring (bicyclic) bond motifs is 1. The third-order valence-corrected chi connectivity index (χ3v) is 7.84. The molecule has 0 bridgehead atoms. The quantitative estimate of drug-likeness (QED) is 0.734. The van der Waals surface area contributed by atoms with E-state index in [1.165, 1.54) is 50.5 Å². The molecule has 5 heteroatoms. The Morgan fingerprint density at radius 3 is 2.73 bits per heavy atom. The van der Waals surface area contributed by atoms with E-state index in [-0.39, 0.29) is 12.3 Å². The molecule has 1 saturated heterocycles. The Morgan fingerprint density at radius 2 is 2.00 bits per heavy atom. The maximum atomic E-state index is 12.2. The van der Waals surface area contributed by atoms with Crippen LogP contribution in [0.5, 0.6) is 0 Å². The molecule has 3 N–H and O–H groups in total. The van der Waals surface area contributed by atoms with E-state index in [0.717, 1.165) is 22.6 Å². The second-order valence-corrected chi connectivity index (χ2v) is 9.45. The molecule has 2 saturated carbocycles. The Kier molecular flexibility index (Phi) is 5.26. The molecule has 6 atom stereocenters. The van der Waals surface area contributed by atoms with Crippen LogP contribution < -0.4 is 11.1 Å². The fourth-order valence-electron chi connectivity index (χ4n) is 6.01. The molecule has 0 aromatic heterocycles. The number of hydrogen-bond acceptors (Lipinski definition) is 4. The molecule has 0 radical (unpaired) electrons. The third-order valence-electron chi connectivity index (χ3n) is 7.35. The fourth-order valence-corrected chi connectivity index (χ4v) is 6.41. The van der Waals surface area contributed by atoms with Gasteiger partial charge in [0.05, 0.1) is 11.6 Å². The van der Waals surface area contributed by atoms with Crippen molar-refractivity contribution in [3.05, 3.63) is 34.3 Å². The zero-order valence-corrected chi connectivity index (χ0v) is 17.1. The summed E-state index contributed by atoms with van der Waals surface area (Å²) in [6, 6.07) is 8.21. The predicted molar refractivity (Wildman–Crippen MR) is 107 cm³/mol. The van der Waals surface area contributed by atoms with E-state index >= 15 is 0 Å². The number of carbonyl (C=O) groups is 1. The van der Waals surface area contributed by atoms with Gasteiger partial charge in [0.15, 0.2) is 0 Å². The lowest BCUT2D eigenvalue weighted by atomic mass is 9.60. The van der Waals surface area contributed by atoms with Crippen LogP contribution in [0.4, 0.5) is 0 Å². The van der Waals surface area contributed by atoms with Gasteiger partial charge in [0.25, 0.3) is 0 Å². The highest BCUT2D eigenvalue weighted by Crippen LogP contribution is 2.51. The van der Waals surface area contributed by atoms with Crippen LogP contribution in [0, 0.1) is 17.8 Å². The highest BCUT2D eigenvalue weighted by molar-refractivity contribution is 9.10. The van der Waals surface area contributed by atoms with Crippen LogP contribution in [0.15, 0.2) is 28.7 Å². The smallest absolute Gasteiger partial charge is 0.139 e. The summed E-state index contributed by atoms with van der Waals surface area (Å²) in [4.78, 5) is 14.2. The predicted octanol–water partition coefficient (Wildman–Crippen LogP) is 3.60. The van der Waals surface area contributed by atoms with Crippen LogP contribution in [0.2, 0.25) is 0 Å². The monoisotopic (exact) mass is 419 g/mol. The largest absolute Gasteiger partial charge is 0.303 e. The van der Waals surface area contributed by atoms with E-state index in [4.69, 9.17) is 5.73 Å². The highest BCUT2D eigenvalue weighted by Gasteiger charge is 2.56. The number of halogens is 1. The first-order valence-electron chi connectivity index (χ1n) is 10.0. The topological polar surface area (TPSA) is 58.4 Å². The van der Waals surface area contributed by atoms with E-state index in [1.54, 1.807) is 0 Å².